The van der Waals surface area contributed by atoms with E-state index in [2.05, 4.69) is 15.6 Å². The normalized spacial score (nSPS) is 18.9. The van der Waals surface area contributed by atoms with Gasteiger partial charge in [0.2, 0.25) is 11.8 Å². The average Bonchev–Trinajstić information content (AvgIpc) is 2.42. The molecule has 0 aliphatic carbocycles. The van der Waals surface area contributed by atoms with Gasteiger partial charge < -0.3 is 5.32 Å². The predicted molar refractivity (Wildman–Crippen MR) is 67.3 cm³/mol. The number of rotatable bonds is 3. The second-order valence-corrected chi connectivity index (χ2v) is 4.34. The van der Waals surface area contributed by atoms with Crippen LogP contribution in [0.15, 0.2) is 18.2 Å². The zero-order valence-corrected chi connectivity index (χ0v) is 10.6. The summed E-state index contributed by atoms with van der Waals surface area (Å²) in [5.41, 5.74) is 1.10. The van der Waals surface area contributed by atoms with Crippen LogP contribution in [-0.2, 0) is 16.0 Å². The van der Waals surface area contributed by atoms with Crippen molar-refractivity contribution in [3.8, 4) is 0 Å². The molecule has 0 radical (unpaired) electrons. The predicted octanol–water partition coefficient (Wildman–Crippen LogP) is 0.179. The lowest BCUT2D eigenvalue weighted by Gasteiger charge is -2.21. The number of hydrogen-bond acceptors (Lipinski definition) is 4. The van der Waals surface area contributed by atoms with Gasteiger partial charge in [0, 0.05) is 12.1 Å². The first-order valence-corrected chi connectivity index (χ1v) is 6.20. The number of nitrogens with zero attached hydrogens (tertiary/aromatic N) is 1. The minimum Gasteiger partial charge on any atom is -0.339 e. The van der Waals surface area contributed by atoms with Crippen LogP contribution in [0.25, 0.3) is 0 Å². The number of aromatic nitrogens is 1. The first-order valence-electron chi connectivity index (χ1n) is 6.20. The van der Waals surface area contributed by atoms with Crippen molar-refractivity contribution in [3.05, 3.63) is 29.6 Å². The Morgan fingerprint density at radius 3 is 2.95 bits per heavy atom. The summed E-state index contributed by atoms with van der Waals surface area (Å²) in [7, 11) is 0. The van der Waals surface area contributed by atoms with Crippen LogP contribution in [0.5, 0.6) is 0 Å². The third kappa shape index (κ3) is 3.15. The number of imide groups is 1. The molecule has 1 aromatic heterocycles. The van der Waals surface area contributed by atoms with Crippen LogP contribution < -0.4 is 10.6 Å². The van der Waals surface area contributed by atoms with Gasteiger partial charge in [-0.25, -0.2) is 4.98 Å². The second kappa shape index (κ2) is 5.60. The number of nitrogens with one attached hydrogen (secondary N) is 2. The molecule has 2 N–H and O–H groups in total. The molecule has 1 unspecified atom stereocenters. The number of amides is 3. The van der Waals surface area contributed by atoms with Crippen molar-refractivity contribution in [2.24, 2.45) is 0 Å². The van der Waals surface area contributed by atoms with Gasteiger partial charge in [-0.2, -0.15) is 0 Å². The summed E-state index contributed by atoms with van der Waals surface area (Å²) in [6.45, 7) is 1.95. The molecule has 6 heteroatoms. The molecule has 0 saturated carbocycles. The molecule has 1 saturated heterocycles. The summed E-state index contributed by atoms with van der Waals surface area (Å²) in [5.74, 6) is -1.16. The van der Waals surface area contributed by atoms with Gasteiger partial charge in [0.25, 0.3) is 5.91 Å². The van der Waals surface area contributed by atoms with Gasteiger partial charge in [-0.15, -0.1) is 0 Å². The molecule has 0 aromatic carbocycles. The zero-order valence-electron chi connectivity index (χ0n) is 10.6. The van der Waals surface area contributed by atoms with E-state index in [4.69, 9.17) is 0 Å². The SMILES string of the molecule is CCc1cccc(C(=O)NC2CCC(=O)NC2=O)n1. The van der Waals surface area contributed by atoms with E-state index < -0.39 is 17.9 Å². The fraction of sp³-hybridized carbons (Fsp3) is 0.385. The standard InChI is InChI=1S/C13H15N3O3/c1-2-8-4-3-5-9(14-8)12(18)15-10-6-7-11(17)16-13(10)19/h3-5,10H,2,6-7H2,1H3,(H,15,18)(H,16,17,19). The van der Waals surface area contributed by atoms with Gasteiger partial charge in [-0.1, -0.05) is 13.0 Å². The molecule has 0 bridgehead atoms. The Hall–Kier alpha value is -2.24. The number of aryl methyl sites for hydroxylation is 1. The minimum absolute atomic E-state index is 0.235. The Balaban J connectivity index is 2.04. The van der Waals surface area contributed by atoms with Gasteiger partial charge in [-0.3, -0.25) is 19.7 Å². The quantitative estimate of drug-likeness (QED) is 0.760. The Morgan fingerprint density at radius 2 is 2.26 bits per heavy atom. The molecule has 100 valence electrons. The Labute approximate surface area is 110 Å². The van der Waals surface area contributed by atoms with Gasteiger partial charge in [0.15, 0.2) is 0 Å². The van der Waals surface area contributed by atoms with Crippen molar-refractivity contribution in [3.63, 3.8) is 0 Å². The Kier molecular flexibility index (Phi) is 3.89. The van der Waals surface area contributed by atoms with Crippen molar-refractivity contribution < 1.29 is 14.4 Å². The van der Waals surface area contributed by atoms with Crippen molar-refractivity contribution in [1.82, 2.24) is 15.6 Å². The summed E-state index contributed by atoms with van der Waals surface area (Å²) in [6.07, 6.45) is 1.29. The van der Waals surface area contributed by atoms with E-state index in [1.165, 1.54) is 0 Å². The summed E-state index contributed by atoms with van der Waals surface area (Å²) in [4.78, 5) is 38.7. The highest BCUT2D eigenvalue weighted by Gasteiger charge is 2.28. The fourth-order valence-electron chi connectivity index (χ4n) is 1.87. The summed E-state index contributed by atoms with van der Waals surface area (Å²) in [5, 5.41) is 4.79. The maximum absolute atomic E-state index is 12.0. The molecule has 2 heterocycles. The van der Waals surface area contributed by atoms with Gasteiger partial charge >= 0.3 is 0 Å². The summed E-state index contributed by atoms with van der Waals surface area (Å²) < 4.78 is 0. The Bertz CT molecular complexity index is 528. The van der Waals surface area contributed by atoms with Crippen molar-refractivity contribution in [1.29, 1.82) is 0 Å². The molecule has 3 amide bonds. The van der Waals surface area contributed by atoms with Gasteiger partial charge in [-0.05, 0) is 25.0 Å². The first kappa shape index (κ1) is 13.2. The second-order valence-electron chi connectivity index (χ2n) is 4.34. The van der Waals surface area contributed by atoms with Crippen LogP contribution in [0, 0.1) is 0 Å². The van der Waals surface area contributed by atoms with Crippen molar-refractivity contribution in [2.45, 2.75) is 32.2 Å². The molecule has 1 aromatic rings. The molecule has 1 fully saturated rings. The molecule has 1 aliphatic rings. The van der Waals surface area contributed by atoms with E-state index in [-0.39, 0.29) is 18.0 Å². The maximum atomic E-state index is 12.0. The van der Waals surface area contributed by atoms with Crippen LogP contribution in [0.4, 0.5) is 0 Å². The summed E-state index contributed by atoms with van der Waals surface area (Å²) in [6, 6.07) is 4.52. The van der Waals surface area contributed by atoms with E-state index in [1.54, 1.807) is 12.1 Å². The van der Waals surface area contributed by atoms with Crippen LogP contribution in [0.3, 0.4) is 0 Å². The van der Waals surface area contributed by atoms with Gasteiger partial charge in [0.05, 0.1) is 0 Å². The lowest BCUT2D eigenvalue weighted by Crippen LogP contribution is -2.52. The largest absolute Gasteiger partial charge is 0.339 e. The Morgan fingerprint density at radius 1 is 1.47 bits per heavy atom. The number of piperidine rings is 1. The fourth-order valence-corrected chi connectivity index (χ4v) is 1.87. The topological polar surface area (TPSA) is 88.2 Å². The lowest BCUT2D eigenvalue weighted by molar-refractivity contribution is -0.134. The number of carbonyl (C=O) groups excluding carboxylic acids is 3. The molecule has 19 heavy (non-hydrogen) atoms. The van der Waals surface area contributed by atoms with E-state index >= 15 is 0 Å². The maximum Gasteiger partial charge on any atom is 0.270 e. The molecular weight excluding hydrogens is 246 g/mol. The number of hydrogen-bond donors (Lipinski definition) is 2. The number of carbonyl (C=O) groups is 3. The van der Waals surface area contributed by atoms with Crippen LogP contribution in [0.2, 0.25) is 0 Å². The smallest absolute Gasteiger partial charge is 0.270 e. The van der Waals surface area contributed by atoms with Crippen LogP contribution >= 0.6 is 0 Å². The van der Waals surface area contributed by atoms with E-state index in [9.17, 15) is 14.4 Å². The molecule has 0 spiro atoms. The average molecular weight is 261 g/mol. The molecule has 1 aliphatic heterocycles. The lowest BCUT2D eigenvalue weighted by atomic mass is 10.1. The van der Waals surface area contributed by atoms with Crippen LogP contribution in [0.1, 0.15) is 35.9 Å². The third-order valence-electron chi connectivity index (χ3n) is 2.95. The zero-order chi connectivity index (χ0) is 13.8. The van der Waals surface area contributed by atoms with E-state index in [1.807, 2.05) is 13.0 Å². The van der Waals surface area contributed by atoms with Crippen LogP contribution in [-0.4, -0.2) is 28.7 Å². The molecule has 1 atom stereocenters. The van der Waals surface area contributed by atoms with E-state index in [0.717, 1.165) is 12.1 Å². The number of pyridine rings is 1. The molecule has 2 rings (SSSR count). The monoisotopic (exact) mass is 261 g/mol. The van der Waals surface area contributed by atoms with Gasteiger partial charge in [0.1, 0.15) is 11.7 Å². The third-order valence-corrected chi connectivity index (χ3v) is 2.95. The molecular formula is C13H15N3O3. The first-order chi connectivity index (χ1) is 9.10. The highest BCUT2D eigenvalue weighted by molar-refractivity contribution is 6.03. The van der Waals surface area contributed by atoms with E-state index in [0.29, 0.717) is 6.42 Å². The highest BCUT2D eigenvalue weighted by atomic mass is 16.2. The minimum atomic E-state index is -0.669. The highest BCUT2D eigenvalue weighted by Crippen LogP contribution is 2.06. The van der Waals surface area contributed by atoms with Crippen molar-refractivity contribution in [2.75, 3.05) is 0 Å². The summed E-state index contributed by atoms with van der Waals surface area (Å²) >= 11 is 0. The van der Waals surface area contributed by atoms with Crippen molar-refractivity contribution >= 4 is 17.7 Å². The molecule has 6 nitrogen and oxygen atoms in total.